The summed E-state index contributed by atoms with van der Waals surface area (Å²) < 4.78 is 0. The molecule has 0 unspecified atom stereocenters. The number of benzene rings is 1. The minimum atomic E-state index is -0.0431. The number of aromatic amines is 1. The van der Waals surface area contributed by atoms with Gasteiger partial charge >= 0.3 is 0 Å². The van der Waals surface area contributed by atoms with Gasteiger partial charge < -0.3 is 4.98 Å². The highest BCUT2D eigenvalue weighted by Crippen LogP contribution is 2.18. The topological polar surface area (TPSA) is 32.9 Å². The van der Waals surface area contributed by atoms with Gasteiger partial charge in [0.15, 0.2) is 0 Å². The van der Waals surface area contributed by atoms with Gasteiger partial charge in [-0.2, -0.15) is 0 Å². The molecule has 0 amide bonds. The number of pyridine rings is 1. The maximum absolute atomic E-state index is 11.1. The normalized spacial score (nSPS) is 10.1. The van der Waals surface area contributed by atoms with Crippen molar-refractivity contribution in [2.45, 2.75) is 33.6 Å². The number of rotatable bonds is 1. The predicted octanol–water partition coefficient (Wildman–Crippen LogP) is 3.68. The van der Waals surface area contributed by atoms with E-state index in [9.17, 15) is 4.79 Å². The molecule has 0 saturated carbocycles. The van der Waals surface area contributed by atoms with Gasteiger partial charge in [-0.1, -0.05) is 39.8 Å². The van der Waals surface area contributed by atoms with Crippen LogP contribution >= 0.6 is 0 Å². The number of hydrogen-bond acceptors (Lipinski definition) is 1. The van der Waals surface area contributed by atoms with E-state index in [1.54, 1.807) is 6.07 Å². The fraction of sp³-hybridized carbons (Fsp3) is 0.357. The average molecular weight is 217 g/mol. The van der Waals surface area contributed by atoms with Gasteiger partial charge in [0.2, 0.25) is 5.56 Å². The van der Waals surface area contributed by atoms with Crippen LogP contribution in [0.5, 0.6) is 0 Å². The molecule has 0 aliphatic heterocycles. The fourth-order valence-electron chi connectivity index (χ4n) is 1.53. The molecule has 0 aliphatic rings. The molecule has 0 atom stereocenters. The van der Waals surface area contributed by atoms with E-state index in [1.807, 2.05) is 32.0 Å². The quantitative estimate of drug-likeness (QED) is 0.776. The van der Waals surface area contributed by atoms with Crippen molar-refractivity contribution in [3.05, 3.63) is 46.2 Å². The second kappa shape index (κ2) is 5.50. The average Bonchev–Trinajstić information content (AvgIpc) is 2.30. The number of fused-ring (bicyclic) bond motifs is 1. The molecule has 2 rings (SSSR count). The zero-order valence-corrected chi connectivity index (χ0v) is 10.4. The first-order valence-corrected chi connectivity index (χ1v) is 5.80. The molecule has 0 radical (unpaired) electrons. The van der Waals surface area contributed by atoms with Crippen LogP contribution in [0.2, 0.25) is 0 Å². The summed E-state index contributed by atoms with van der Waals surface area (Å²) in [6.07, 6.45) is 0. The van der Waals surface area contributed by atoms with Gasteiger partial charge in [-0.15, -0.1) is 0 Å². The van der Waals surface area contributed by atoms with Crippen LogP contribution < -0.4 is 5.56 Å². The van der Waals surface area contributed by atoms with Crippen LogP contribution in [0.25, 0.3) is 10.9 Å². The summed E-state index contributed by atoms with van der Waals surface area (Å²) in [5.41, 5.74) is 2.13. The molecule has 2 aromatic rings. The van der Waals surface area contributed by atoms with E-state index in [0.29, 0.717) is 5.92 Å². The summed E-state index contributed by atoms with van der Waals surface area (Å²) in [4.78, 5) is 13.9. The molecule has 86 valence electrons. The Kier molecular flexibility index (Phi) is 4.29. The Morgan fingerprint density at radius 2 is 1.69 bits per heavy atom. The van der Waals surface area contributed by atoms with Crippen molar-refractivity contribution >= 4 is 10.9 Å². The first-order valence-electron chi connectivity index (χ1n) is 5.80. The van der Waals surface area contributed by atoms with Crippen molar-refractivity contribution in [2.24, 2.45) is 0 Å². The molecule has 1 N–H and O–H groups in total. The lowest BCUT2D eigenvalue weighted by Gasteiger charge is -2.05. The third-order valence-electron chi connectivity index (χ3n) is 2.42. The van der Waals surface area contributed by atoms with E-state index in [2.05, 4.69) is 24.9 Å². The standard InChI is InChI=1S/C12H13NO.C2H6/c1-8(2)10-4-3-9-5-6-12(14)13-11(9)7-10;1-2/h3-8H,1-2H3,(H,13,14);1-2H3. The van der Waals surface area contributed by atoms with E-state index in [0.717, 1.165) is 10.9 Å². The number of nitrogens with one attached hydrogen (secondary N) is 1. The minimum Gasteiger partial charge on any atom is -0.322 e. The van der Waals surface area contributed by atoms with Crippen LogP contribution in [0.3, 0.4) is 0 Å². The first kappa shape index (κ1) is 12.5. The van der Waals surface area contributed by atoms with Gasteiger partial charge in [0.25, 0.3) is 0 Å². The second-order valence-corrected chi connectivity index (χ2v) is 3.82. The van der Waals surface area contributed by atoms with Gasteiger partial charge in [0.05, 0.1) is 0 Å². The molecule has 0 bridgehead atoms. The van der Waals surface area contributed by atoms with Crippen LogP contribution in [0, 0.1) is 0 Å². The van der Waals surface area contributed by atoms with Crippen molar-refractivity contribution in [1.29, 1.82) is 0 Å². The van der Waals surface area contributed by atoms with Gasteiger partial charge in [0, 0.05) is 11.6 Å². The van der Waals surface area contributed by atoms with E-state index in [4.69, 9.17) is 0 Å². The van der Waals surface area contributed by atoms with Crippen LogP contribution in [-0.2, 0) is 0 Å². The molecule has 0 saturated heterocycles. The minimum absolute atomic E-state index is 0.0431. The lowest BCUT2D eigenvalue weighted by atomic mass is 10.0. The summed E-state index contributed by atoms with van der Waals surface area (Å²) in [6, 6.07) is 9.59. The lowest BCUT2D eigenvalue weighted by Crippen LogP contribution is -2.02. The molecule has 1 aromatic heterocycles. The molecule has 0 spiro atoms. The first-order chi connectivity index (χ1) is 7.66. The van der Waals surface area contributed by atoms with Gasteiger partial charge in [-0.25, -0.2) is 0 Å². The number of hydrogen-bond donors (Lipinski definition) is 1. The zero-order chi connectivity index (χ0) is 12.1. The number of aromatic nitrogens is 1. The fourth-order valence-corrected chi connectivity index (χ4v) is 1.53. The van der Waals surface area contributed by atoms with Crippen LogP contribution in [0.1, 0.15) is 39.2 Å². The highest BCUT2D eigenvalue weighted by molar-refractivity contribution is 5.78. The van der Waals surface area contributed by atoms with Crippen molar-refractivity contribution in [3.63, 3.8) is 0 Å². The highest BCUT2D eigenvalue weighted by atomic mass is 16.1. The third-order valence-corrected chi connectivity index (χ3v) is 2.42. The van der Waals surface area contributed by atoms with E-state index in [-0.39, 0.29) is 5.56 Å². The predicted molar refractivity (Wildman–Crippen MR) is 70.0 cm³/mol. The molecule has 0 fully saturated rings. The Bertz CT molecular complexity index is 511. The zero-order valence-electron chi connectivity index (χ0n) is 10.4. The Hall–Kier alpha value is -1.57. The van der Waals surface area contributed by atoms with Crippen LogP contribution in [0.15, 0.2) is 35.1 Å². The molecular weight excluding hydrogens is 198 g/mol. The maximum atomic E-state index is 11.1. The van der Waals surface area contributed by atoms with Gasteiger partial charge in [0.1, 0.15) is 0 Å². The van der Waals surface area contributed by atoms with Crippen LogP contribution in [0.4, 0.5) is 0 Å². The van der Waals surface area contributed by atoms with Crippen molar-refractivity contribution < 1.29 is 0 Å². The molecule has 0 aliphatic carbocycles. The highest BCUT2D eigenvalue weighted by Gasteiger charge is 2.00. The smallest absolute Gasteiger partial charge is 0.248 e. The Morgan fingerprint density at radius 1 is 1.06 bits per heavy atom. The number of H-pyrrole nitrogens is 1. The lowest BCUT2D eigenvalue weighted by molar-refractivity contribution is 0.868. The van der Waals surface area contributed by atoms with Gasteiger partial charge in [-0.3, -0.25) is 4.79 Å². The van der Waals surface area contributed by atoms with E-state index >= 15 is 0 Å². The SMILES string of the molecule is CC.CC(C)c1ccc2ccc(=O)[nH]c2c1. The Balaban J connectivity index is 0.000000606. The molecule has 1 heterocycles. The van der Waals surface area contributed by atoms with Crippen LogP contribution in [-0.4, -0.2) is 4.98 Å². The largest absolute Gasteiger partial charge is 0.322 e. The summed E-state index contributed by atoms with van der Waals surface area (Å²) in [6.45, 7) is 8.28. The monoisotopic (exact) mass is 217 g/mol. The van der Waals surface area contributed by atoms with Crippen molar-refractivity contribution in [3.8, 4) is 0 Å². The summed E-state index contributed by atoms with van der Waals surface area (Å²) >= 11 is 0. The molecule has 1 aromatic carbocycles. The maximum Gasteiger partial charge on any atom is 0.248 e. The molecule has 2 heteroatoms. The van der Waals surface area contributed by atoms with E-state index in [1.165, 1.54) is 5.56 Å². The summed E-state index contributed by atoms with van der Waals surface area (Å²) in [5.74, 6) is 0.489. The van der Waals surface area contributed by atoms with Crippen molar-refractivity contribution in [1.82, 2.24) is 4.98 Å². The molecular formula is C14H19NO. The molecule has 16 heavy (non-hydrogen) atoms. The summed E-state index contributed by atoms with van der Waals surface area (Å²) in [7, 11) is 0. The Labute approximate surface area is 96.3 Å². The summed E-state index contributed by atoms with van der Waals surface area (Å²) in [5, 5.41) is 1.08. The van der Waals surface area contributed by atoms with Crippen molar-refractivity contribution in [2.75, 3.05) is 0 Å². The second-order valence-electron chi connectivity index (χ2n) is 3.82. The third kappa shape index (κ3) is 2.72. The Morgan fingerprint density at radius 3 is 2.31 bits per heavy atom. The van der Waals surface area contributed by atoms with Gasteiger partial charge in [-0.05, 0) is 29.0 Å². The molecule has 2 nitrogen and oxygen atoms in total. The van der Waals surface area contributed by atoms with E-state index < -0.39 is 0 Å².